The molecule has 0 radical (unpaired) electrons. The quantitative estimate of drug-likeness (QED) is 0.628. The van der Waals surface area contributed by atoms with Crippen molar-refractivity contribution in [3.8, 4) is 22.8 Å². The molecule has 1 aromatic heterocycles. The fraction of sp³-hybridized carbons (Fsp3) is 0.292. The van der Waals surface area contributed by atoms with Crippen LogP contribution in [-0.2, 0) is 6.54 Å². The standard InChI is InChI=1S/C24H23FN2O2/c25-20-8-9-21(26-15-20)18-5-3-17(4-6-18)16-27-11-1-2-22(27)19-7-10-23-24(14-19)29-13-12-28-23/h3-10,14-15,22H,1-2,11-13,16H2. The van der Waals surface area contributed by atoms with Gasteiger partial charge in [0.15, 0.2) is 11.5 Å². The van der Waals surface area contributed by atoms with Gasteiger partial charge in [0.25, 0.3) is 0 Å². The highest BCUT2D eigenvalue weighted by atomic mass is 19.1. The van der Waals surface area contributed by atoms with Crippen molar-refractivity contribution in [1.82, 2.24) is 9.88 Å². The molecule has 1 saturated heterocycles. The number of likely N-dealkylation sites (tertiary alicyclic amines) is 1. The van der Waals surface area contributed by atoms with E-state index < -0.39 is 0 Å². The molecule has 0 amide bonds. The van der Waals surface area contributed by atoms with Crippen molar-refractivity contribution in [3.05, 3.63) is 77.7 Å². The van der Waals surface area contributed by atoms with Gasteiger partial charge < -0.3 is 9.47 Å². The van der Waals surface area contributed by atoms with Gasteiger partial charge in [-0.3, -0.25) is 9.88 Å². The molecule has 0 spiro atoms. The van der Waals surface area contributed by atoms with Crippen LogP contribution in [0.4, 0.5) is 4.39 Å². The van der Waals surface area contributed by atoms with Gasteiger partial charge in [0.05, 0.1) is 11.9 Å². The fourth-order valence-corrected chi connectivity index (χ4v) is 4.22. The van der Waals surface area contributed by atoms with E-state index >= 15 is 0 Å². The predicted molar refractivity (Wildman–Crippen MR) is 109 cm³/mol. The Labute approximate surface area is 169 Å². The minimum atomic E-state index is -0.315. The molecule has 2 aliphatic rings. The van der Waals surface area contributed by atoms with Crippen molar-refractivity contribution in [3.63, 3.8) is 0 Å². The molecule has 0 N–H and O–H groups in total. The van der Waals surface area contributed by atoms with E-state index in [1.807, 2.05) is 6.07 Å². The van der Waals surface area contributed by atoms with Gasteiger partial charge in [-0.05, 0) is 54.8 Å². The molecule has 1 fully saturated rings. The van der Waals surface area contributed by atoms with E-state index in [4.69, 9.17) is 9.47 Å². The summed E-state index contributed by atoms with van der Waals surface area (Å²) in [7, 11) is 0. The molecule has 5 rings (SSSR count). The summed E-state index contributed by atoms with van der Waals surface area (Å²) < 4.78 is 24.5. The maximum absolute atomic E-state index is 13.1. The molecule has 4 nitrogen and oxygen atoms in total. The second kappa shape index (κ2) is 7.84. The first-order chi connectivity index (χ1) is 14.3. The largest absolute Gasteiger partial charge is 0.486 e. The first-order valence-corrected chi connectivity index (χ1v) is 10.1. The lowest BCUT2D eigenvalue weighted by Crippen LogP contribution is -2.23. The Morgan fingerprint density at radius 1 is 0.966 bits per heavy atom. The van der Waals surface area contributed by atoms with Gasteiger partial charge in [-0.1, -0.05) is 30.3 Å². The van der Waals surface area contributed by atoms with E-state index in [1.54, 1.807) is 6.07 Å². The second-order valence-corrected chi connectivity index (χ2v) is 7.59. The summed E-state index contributed by atoms with van der Waals surface area (Å²) >= 11 is 0. The highest BCUT2D eigenvalue weighted by molar-refractivity contribution is 5.59. The number of fused-ring (bicyclic) bond motifs is 1. The van der Waals surface area contributed by atoms with Crippen LogP contribution >= 0.6 is 0 Å². The lowest BCUT2D eigenvalue weighted by atomic mass is 10.0. The van der Waals surface area contributed by atoms with Crippen LogP contribution in [0.5, 0.6) is 11.5 Å². The summed E-state index contributed by atoms with van der Waals surface area (Å²) in [5.41, 5.74) is 4.34. The molecular weight excluding hydrogens is 367 g/mol. The smallest absolute Gasteiger partial charge is 0.161 e. The number of hydrogen-bond donors (Lipinski definition) is 0. The number of hydrogen-bond acceptors (Lipinski definition) is 4. The molecule has 1 unspecified atom stereocenters. The summed E-state index contributed by atoms with van der Waals surface area (Å²) in [6.45, 7) is 3.21. The maximum atomic E-state index is 13.1. The lowest BCUT2D eigenvalue weighted by molar-refractivity contribution is 0.170. The molecule has 3 heterocycles. The van der Waals surface area contributed by atoms with Gasteiger partial charge in [0.1, 0.15) is 19.0 Å². The Hall–Kier alpha value is -2.92. The van der Waals surface area contributed by atoms with Crippen molar-refractivity contribution < 1.29 is 13.9 Å². The first kappa shape index (κ1) is 18.1. The van der Waals surface area contributed by atoms with Crippen LogP contribution < -0.4 is 9.47 Å². The van der Waals surface area contributed by atoms with Gasteiger partial charge in [-0.2, -0.15) is 0 Å². The van der Waals surface area contributed by atoms with Crippen LogP contribution in [0.15, 0.2) is 60.8 Å². The zero-order chi connectivity index (χ0) is 19.6. The third-order valence-electron chi connectivity index (χ3n) is 5.68. The summed E-state index contributed by atoms with van der Waals surface area (Å²) in [4.78, 5) is 6.69. The summed E-state index contributed by atoms with van der Waals surface area (Å²) in [6.07, 6.45) is 3.60. The molecule has 5 heteroatoms. The Bertz CT molecular complexity index is 989. The van der Waals surface area contributed by atoms with Crippen LogP contribution in [0.3, 0.4) is 0 Å². The van der Waals surface area contributed by atoms with Gasteiger partial charge in [-0.25, -0.2) is 4.39 Å². The van der Waals surface area contributed by atoms with Crippen LogP contribution in [0.2, 0.25) is 0 Å². The lowest BCUT2D eigenvalue weighted by Gasteiger charge is -2.26. The van der Waals surface area contributed by atoms with E-state index in [-0.39, 0.29) is 5.82 Å². The molecule has 148 valence electrons. The average Bonchev–Trinajstić information content (AvgIpc) is 3.23. The summed E-state index contributed by atoms with van der Waals surface area (Å²) in [5.74, 6) is 1.39. The molecule has 0 saturated carbocycles. The number of aromatic nitrogens is 1. The van der Waals surface area contributed by atoms with Crippen molar-refractivity contribution in [1.29, 1.82) is 0 Å². The average molecular weight is 390 g/mol. The predicted octanol–water partition coefficient (Wildman–Crippen LogP) is 5.00. The number of benzene rings is 2. The minimum Gasteiger partial charge on any atom is -0.486 e. The van der Waals surface area contributed by atoms with E-state index in [1.165, 1.54) is 29.8 Å². The van der Waals surface area contributed by atoms with Crippen LogP contribution in [0.1, 0.15) is 30.0 Å². The van der Waals surface area contributed by atoms with Gasteiger partial charge >= 0.3 is 0 Å². The fourth-order valence-electron chi connectivity index (χ4n) is 4.22. The van der Waals surface area contributed by atoms with E-state index in [0.717, 1.165) is 42.3 Å². The van der Waals surface area contributed by atoms with Crippen molar-refractivity contribution in [2.24, 2.45) is 0 Å². The number of rotatable bonds is 4. The summed E-state index contributed by atoms with van der Waals surface area (Å²) in [6, 6.07) is 18.3. The number of ether oxygens (including phenoxy) is 2. The monoisotopic (exact) mass is 390 g/mol. The molecule has 2 aromatic carbocycles. The van der Waals surface area contributed by atoms with Crippen molar-refractivity contribution in [2.45, 2.75) is 25.4 Å². The zero-order valence-electron chi connectivity index (χ0n) is 16.2. The zero-order valence-corrected chi connectivity index (χ0v) is 16.2. The topological polar surface area (TPSA) is 34.6 Å². The summed E-state index contributed by atoms with van der Waals surface area (Å²) in [5, 5.41) is 0. The molecule has 0 bridgehead atoms. The van der Waals surface area contributed by atoms with Crippen molar-refractivity contribution >= 4 is 0 Å². The van der Waals surface area contributed by atoms with E-state index in [9.17, 15) is 4.39 Å². The maximum Gasteiger partial charge on any atom is 0.161 e. The van der Waals surface area contributed by atoms with Gasteiger partial charge in [0.2, 0.25) is 0 Å². The second-order valence-electron chi connectivity index (χ2n) is 7.59. The van der Waals surface area contributed by atoms with Crippen LogP contribution in [-0.4, -0.2) is 29.6 Å². The normalized spacial score (nSPS) is 18.7. The SMILES string of the molecule is Fc1ccc(-c2ccc(CN3CCCC3c3ccc4c(c3)OCCO4)cc2)nc1. The van der Waals surface area contributed by atoms with Crippen LogP contribution in [0, 0.1) is 5.82 Å². The third kappa shape index (κ3) is 3.83. The highest BCUT2D eigenvalue weighted by Crippen LogP contribution is 2.38. The molecular formula is C24H23FN2O2. The van der Waals surface area contributed by atoms with Gasteiger partial charge in [-0.15, -0.1) is 0 Å². The van der Waals surface area contributed by atoms with Gasteiger partial charge in [0, 0.05) is 18.2 Å². The Morgan fingerprint density at radius 2 is 1.79 bits per heavy atom. The third-order valence-corrected chi connectivity index (χ3v) is 5.68. The Morgan fingerprint density at radius 3 is 2.59 bits per heavy atom. The van der Waals surface area contributed by atoms with E-state index in [2.05, 4.69) is 46.3 Å². The molecule has 2 aliphatic heterocycles. The van der Waals surface area contributed by atoms with Crippen molar-refractivity contribution in [2.75, 3.05) is 19.8 Å². The highest BCUT2D eigenvalue weighted by Gasteiger charge is 2.27. The Kier molecular flexibility index (Phi) is 4.90. The minimum absolute atomic E-state index is 0.315. The molecule has 3 aromatic rings. The molecule has 29 heavy (non-hydrogen) atoms. The van der Waals surface area contributed by atoms with E-state index in [0.29, 0.717) is 19.3 Å². The number of pyridine rings is 1. The molecule has 0 aliphatic carbocycles. The molecule has 1 atom stereocenters. The Balaban J connectivity index is 1.31. The van der Waals surface area contributed by atoms with Crippen LogP contribution in [0.25, 0.3) is 11.3 Å². The first-order valence-electron chi connectivity index (χ1n) is 10.1. The number of halogens is 1. The number of nitrogens with zero attached hydrogens (tertiary/aromatic N) is 2.